The van der Waals surface area contributed by atoms with Gasteiger partial charge < -0.3 is 20.1 Å². The molecule has 0 saturated heterocycles. The van der Waals surface area contributed by atoms with E-state index in [-0.39, 0.29) is 5.91 Å². The van der Waals surface area contributed by atoms with Crippen LogP contribution in [0.25, 0.3) is 22.6 Å². The summed E-state index contributed by atoms with van der Waals surface area (Å²) >= 11 is 0. The molecule has 0 radical (unpaired) electrons. The number of rotatable bonds is 9. The third-order valence-corrected chi connectivity index (χ3v) is 4.78. The van der Waals surface area contributed by atoms with Gasteiger partial charge in [0.25, 0.3) is 5.91 Å². The highest BCUT2D eigenvalue weighted by Crippen LogP contribution is 2.26. The Labute approximate surface area is 182 Å². The van der Waals surface area contributed by atoms with Crippen LogP contribution in [0.15, 0.2) is 59.1 Å². The molecule has 0 saturated carbocycles. The Bertz CT molecular complexity index is 1050. The molecule has 3 aromatic rings. The van der Waals surface area contributed by atoms with Crippen molar-refractivity contribution in [3.63, 3.8) is 0 Å². The van der Waals surface area contributed by atoms with Gasteiger partial charge in [0.1, 0.15) is 11.7 Å². The fourth-order valence-corrected chi connectivity index (χ4v) is 3.00. The van der Waals surface area contributed by atoms with E-state index in [1.54, 1.807) is 25.1 Å². The van der Waals surface area contributed by atoms with Gasteiger partial charge in [-0.1, -0.05) is 41.6 Å². The number of nitrogens with zero attached hydrogens (tertiary/aromatic N) is 3. The number of hydrogen-bond donors (Lipinski definition) is 2. The van der Waals surface area contributed by atoms with Crippen LogP contribution in [0.3, 0.4) is 0 Å². The van der Waals surface area contributed by atoms with Crippen molar-refractivity contribution >= 4 is 5.91 Å². The van der Waals surface area contributed by atoms with Crippen molar-refractivity contribution < 1.29 is 9.32 Å². The van der Waals surface area contributed by atoms with Gasteiger partial charge in [0, 0.05) is 42.4 Å². The van der Waals surface area contributed by atoms with Gasteiger partial charge in [-0.3, -0.25) is 4.79 Å². The Kier molecular flexibility index (Phi) is 7.55. The minimum absolute atomic E-state index is 0.297. The smallest absolute Gasteiger partial charge is 0.252 e. The first-order chi connectivity index (χ1) is 15.0. The fraction of sp³-hybridized carbons (Fsp3) is 0.292. The first-order valence-corrected chi connectivity index (χ1v) is 10.2. The molecule has 160 valence electrons. The van der Waals surface area contributed by atoms with Crippen LogP contribution < -0.4 is 10.6 Å². The van der Waals surface area contributed by atoms with Crippen LogP contribution >= 0.6 is 0 Å². The van der Waals surface area contributed by atoms with Gasteiger partial charge in [0.05, 0.1) is 6.07 Å². The minimum Gasteiger partial charge on any atom is -0.356 e. The molecule has 31 heavy (non-hydrogen) atoms. The second-order valence-corrected chi connectivity index (χ2v) is 7.66. The number of likely N-dealkylation sites (N-methyl/N-ethyl adjacent to an activating group) is 1. The maximum Gasteiger partial charge on any atom is 0.252 e. The molecule has 0 aliphatic heterocycles. The number of hydrogen-bond acceptors (Lipinski definition) is 6. The van der Waals surface area contributed by atoms with Crippen molar-refractivity contribution in [3.8, 4) is 28.7 Å². The van der Waals surface area contributed by atoms with E-state index >= 15 is 0 Å². The molecule has 0 bridgehead atoms. The molecular weight excluding hydrogens is 390 g/mol. The van der Waals surface area contributed by atoms with Crippen LogP contribution in [0.1, 0.15) is 22.8 Å². The summed E-state index contributed by atoms with van der Waals surface area (Å²) in [7, 11) is 4.12. The van der Waals surface area contributed by atoms with Gasteiger partial charge in [-0.15, -0.1) is 0 Å². The van der Waals surface area contributed by atoms with Crippen molar-refractivity contribution in [2.45, 2.75) is 19.5 Å². The van der Waals surface area contributed by atoms with Gasteiger partial charge in [-0.2, -0.15) is 5.26 Å². The molecule has 0 aliphatic rings. The molecule has 2 aromatic carbocycles. The van der Waals surface area contributed by atoms with Crippen LogP contribution in [0, 0.1) is 11.3 Å². The summed E-state index contributed by atoms with van der Waals surface area (Å²) in [6.07, 6.45) is 0. The van der Waals surface area contributed by atoms with Crippen LogP contribution in [-0.2, 0) is 6.54 Å². The maximum absolute atomic E-state index is 12.3. The summed E-state index contributed by atoms with van der Waals surface area (Å²) in [6, 6.07) is 18.6. The average Bonchev–Trinajstić information content (AvgIpc) is 3.27. The zero-order valence-electron chi connectivity index (χ0n) is 18.1. The van der Waals surface area contributed by atoms with E-state index in [2.05, 4.69) is 46.9 Å². The van der Waals surface area contributed by atoms with E-state index in [0.29, 0.717) is 17.0 Å². The number of amides is 1. The highest BCUT2D eigenvalue weighted by Gasteiger charge is 2.13. The monoisotopic (exact) mass is 417 g/mol. The molecule has 1 aromatic heterocycles. The molecule has 0 spiro atoms. The Balaban J connectivity index is 1.67. The van der Waals surface area contributed by atoms with Crippen molar-refractivity contribution in [2.75, 3.05) is 27.2 Å². The van der Waals surface area contributed by atoms with E-state index < -0.39 is 6.04 Å². The van der Waals surface area contributed by atoms with Crippen LogP contribution in [0.4, 0.5) is 0 Å². The molecule has 0 aliphatic carbocycles. The van der Waals surface area contributed by atoms with E-state index in [1.165, 1.54) is 5.56 Å². The molecule has 1 unspecified atom stereocenters. The lowest BCUT2D eigenvalue weighted by atomic mass is 10.1. The van der Waals surface area contributed by atoms with Crippen LogP contribution in [0.5, 0.6) is 0 Å². The third-order valence-electron chi connectivity index (χ3n) is 4.78. The molecule has 1 atom stereocenters. The molecule has 1 heterocycles. The second-order valence-electron chi connectivity index (χ2n) is 7.66. The van der Waals surface area contributed by atoms with Gasteiger partial charge in [-0.05, 0) is 38.7 Å². The molecule has 3 rings (SSSR count). The highest BCUT2D eigenvalue weighted by atomic mass is 16.5. The standard InChI is InChI=1S/C24H27N5O2/c1-17(15-25)27-24(30)21-6-4-5-20(13-21)22-14-23(31-28-22)19-9-7-18(8-10-19)16-26-11-12-29(2)3/h4-10,13-14,17,26H,11-12,16H2,1-3H3,(H,27,30). The number of carbonyl (C=O) groups is 1. The first-order valence-electron chi connectivity index (χ1n) is 10.2. The summed E-state index contributed by atoms with van der Waals surface area (Å²) in [4.78, 5) is 14.4. The van der Waals surface area contributed by atoms with Crippen LogP contribution in [0.2, 0.25) is 0 Å². The van der Waals surface area contributed by atoms with Crippen LogP contribution in [-0.4, -0.2) is 49.2 Å². The summed E-state index contributed by atoms with van der Waals surface area (Å²) in [5.41, 5.74) is 4.02. The van der Waals surface area contributed by atoms with Crippen molar-refractivity contribution in [1.82, 2.24) is 20.7 Å². The van der Waals surface area contributed by atoms with Crippen molar-refractivity contribution in [2.24, 2.45) is 0 Å². The largest absolute Gasteiger partial charge is 0.356 e. The minimum atomic E-state index is -0.555. The number of carbonyl (C=O) groups excluding carboxylic acids is 1. The molecule has 2 N–H and O–H groups in total. The summed E-state index contributed by atoms with van der Waals surface area (Å²) < 4.78 is 5.54. The van der Waals surface area contributed by atoms with Gasteiger partial charge >= 0.3 is 0 Å². The predicted octanol–water partition coefficient (Wildman–Crippen LogP) is 3.30. The third kappa shape index (κ3) is 6.25. The first kappa shape index (κ1) is 22.2. The van der Waals surface area contributed by atoms with E-state index in [1.807, 2.05) is 30.3 Å². The lowest BCUT2D eigenvalue weighted by molar-refractivity contribution is 0.0948. The molecule has 7 nitrogen and oxygen atoms in total. The molecular formula is C24H27N5O2. The zero-order chi connectivity index (χ0) is 22.2. The topological polar surface area (TPSA) is 94.2 Å². The van der Waals surface area contributed by atoms with E-state index in [4.69, 9.17) is 9.78 Å². The normalized spacial score (nSPS) is 11.8. The van der Waals surface area contributed by atoms with Gasteiger partial charge in [0.2, 0.25) is 0 Å². The average molecular weight is 418 g/mol. The Morgan fingerprint density at radius 2 is 1.94 bits per heavy atom. The fourth-order valence-electron chi connectivity index (χ4n) is 3.00. The second kappa shape index (κ2) is 10.5. The molecule has 0 fully saturated rings. The maximum atomic E-state index is 12.3. The number of benzene rings is 2. The van der Waals surface area contributed by atoms with Crippen molar-refractivity contribution in [3.05, 3.63) is 65.7 Å². The molecule has 1 amide bonds. The quantitative estimate of drug-likeness (QED) is 0.519. The lowest BCUT2D eigenvalue weighted by Crippen LogP contribution is -2.31. The lowest BCUT2D eigenvalue weighted by Gasteiger charge is -2.10. The van der Waals surface area contributed by atoms with Gasteiger partial charge in [0.15, 0.2) is 5.76 Å². The van der Waals surface area contributed by atoms with E-state index in [0.717, 1.165) is 30.8 Å². The summed E-state index contributed by atoms with van der Waals surface area (Å²) in [5.74, 6) is 0.365. The number of nitrogens with one attached hydrogen (secondary N) is 2. The Hall–Kier alpha value is -3.47. The van der Waals surface area contributed by atoms with Gasteiger partial charge in [-0.25, -0.2) is 0 Å². The highest BCUT2D eigenvalue weighted by molar-refractivity contribution is 5.95. The van der Waals surface area contributed by atoms with E-state index in [9.17, 15) is 4.79 Å². The summed E-state index contributed by atoms with van der Waals surface area (Å²) in [5, 5.41) is 19.1. The summed E-state index contributed by atoms with van der Waals surface area (Å²) in [6.45, 7) is 4.39. The number of aromatic nitrogens is 1. The number of nitriles is 1. The van der Waals surface area contributed by atoms with Crippen molar-refractivity contribution in [1.29, 1.82) is 5.26 Å². The SMILES string of the molecule is CC(C#N)NC(=O)c1cccc(-c2cc(-c3ccc(CNCCN(C)C)cc3)on2)c1. The Morgan fingerprint density at radius 3 is 2.65 bits per heavy atom. The molecule has 7 heteroatoms. The Morgan fingerprint density at radius 1 is 1.16 bits per heavy atom. The predicted molar refractivity (Wildman–Crippen MR) is 120 cm³/mol. The zero-order valence-corrected chi connectivity index (χ0v) is 18.1.